The Balaban J connectivity index is 1.53. The predicted molar refractivity (Wildman–Crippen MR) is 63.0 cm³/mol. The Morgan fingerprint density at radius 2 is 2.41 bits per heavy atom. The Kier molecular flexibility index (Phi) is 4.08. The minimum absolute atomic E-state index is 0.0466. The largest absolute Gasteiger partial charge is 0.356 e. The molecule has 1 fully saturated rings. The Labute approximate surface area is 101 Å². The Hall–Kier alpha value is -1.43. The van der Waals surface area contributed by atoms with Crippen molar-refractivity contribution < 1.29 is 4.79 Å². The number of hydrogen-bond donors (Lipinski definition) is 2. The monoisotopic (exact) mass is 237 g/mol. The highest BCUT2D eigenvalue weighted by Crippen LogP contribution is 2.32. The lowest BCUT2D eigenvalue weighted by atomic mass is 10.1. The average molecular weight is 237 g/mol. The second-order valence-corrected chi connectivity index (χ2v) is 4.58. The van der Waals surface area contributed by atoms with E-state index in [9.17, 15) is 4.79 Å². The zero-order valence-electron chi connectivity index (χ0n) is 9.88. The number of nitrogens with two attached hydrogens (primary N) is 1. The van der Waals surface area contributed by atoms with E-state index in [2.05, 4.69) is 15.6 Å². The highest BCUT2D eigenvalue weighted by molar-refractivity contribution is 5.76. The molecule has 0 aromatic carbocycles. The maximum Gasteiger partial charge on any atom is 0.221 e. The van der Waals surface area contributed by atoms with Crippen molar-refractivity contribution in [2.75, 3.05) is 6.54 Å². The van der Waals surface area contributed by atoms with Crippen LogP contribution in [-0.2, 0) is 11.3 Å². The molecule has 0 radical (unpaired) electrons. The molecule has 0 spiro atoms. The number of carbonyl (C=O) groups excluding carboxylic acids is 1. The summed E-state index contributed by atoms with van der Waals surface area (Å²) in [6.45, 7) is 1.44. The van der Waals surface area contributed by atoms with E-state index in [-0.39, 0.29) is 11.9 Å². The maximum atomic E-state index is 11.5. The number of nitrogens with one attached hydrogen (secondary N) is 1. The molecule has 1 aliphatic carbocycles. The molecule has 1 aromatic rings. The van der Waals surface area contributed by atoms with Crippen LogP contribution in [0, 0.1) is 5.92 Å². The van der Waals surface area contributed by atoms with Crippen molar-refractivity contribution in [3.8, 4) is 0 Å². The molecule has 1 atom stereocenters. The van der Waals surface area contributed by atoms with E-state index >= 15 is 0 Å². The van der Waals surface area contributed by atoms with Crippen LogP contribution in [0.4, 0.5) is 0 Å². The molecular formula is C11H19N5O. The van der Waals surface area contributed by atoms with Crippen LogP contribution in [0.2, 0.25) is 0 Å². The summed E-state index contributed by atoms with van der Waals surface area (Å²) in [7, 11) is 0. The van der Waals surface area contributed by atoms with Gasteiger partial charge in [-0.05, 0) is 25.2 Å². The third kappa shape index (κ3) is 4.14. The van der Waals surface area contributed by atoms with Crippen molar-refractivity contribution in [3.63, 3.8) is 0 Å². The normalized spacial score (nSPS) is 16.8. The fraction of sp³-hybridized carbons (Fsp3) is 0.727. The topological polar surface area (TPSA) is 85.8 Å². The molecular weight excluding hydrogens is 218 g/mol. The van der Waals surface area contributed by atoms with Gasteiger partial charge < -0.3 is 11.1 Å². The van der Waals surface area contributed by atoms with Gasteiger partial charge in [0.2, 0.25) is 5.91 Å². The number of aryl methyl sites for hydroxylation is 1. The van der Waals surface area contributed by atoms with Gasteiger partial charge in [-0.2, -0.15) is 0 Å². The van der Waals surface area contributed by atoms with E-state index in [1.807, 2.05) is 6.20 Å². The summed E-state index contributed by atoms with van der Waals surface area (Å²) in [6.07, 6.45) is 7.13. The van der Waals surface area contributed by atoms with Crippen LogP contribution in [0.5, 0.6) is 0 Å². The van der Waals surface area contributed by atoms with Gasteiger partial charge in [-0.1, -0.05) is 5.21 Å². The zero-order chi connectivity index (χ0) is 12.1. The van der Waals surface area contributed by atoms with Gasteiger partial charge in [-0.3, -0.25) is 9.48 Å². The molecule has 1 amide bonds. The fourth-order valence-electron chi connectivity index (χ4n) is 1.80. The Bertz CT molecular complexity index is 347. The quantitative estimate of drug-likeness (QED) is 0.649. The highest BCUT2D eigenvalue weighted by Gasteiger charge is 2.29. The molecule has 0 saturated heterocycles. The van der Waals surface area contributed by atoms with E-state index in [1.165, 1.54) is 12.8 Å². The summed E-state index contributed by atoms with van der Waals surface area (Å²) < 4.78 is 1.75. The summed E-state index contributed by atoms with van der Waals surface area (Å²) in [5, 5.41) is 10.4. The summed E-state index contributed by atoms with van der Waals surface area (Å²) in [6, 6.07) is 0.0466. The van der Waals surface area contributed by atoms with Crippen LogP contribution in [0.15, 0.2) is 12.4 Å². The molecule has 17 heavy (non-hydrogen) atoms. The van der Waals surface area contributed by atoms with Crippen LogP contribution < -0.4 is 11.1 Å². The summed E-state index contributed by atoms with van der Waals surface area (Å²) >= 11 is 0. The molecule has 1 aromatic heterocycles. The molecule has 6 heteroatoms. The number of amides is 1. The first-order valence-corrected chi connectivity index (χ1v) is 6.12. The van der Waals surface area contributed by atoms with Crippen LogP contribution in [0.3, 0.4) is 0 Å². The van der Waals surface area contributed by atoms with Crippen molar-refractivity contribution in [2.45, 2.75) is 38.3 Å². The van der Waals surface area contributed by atoms with Crippen molar-refractivity contribution >= 4 is 5.91 Å². The number of rotatable bonds is 7. The van der Waals surface area contributed by atoms with Crippen molar-refractivity contribution in [1.29, 1.82) is 0 Å². The van der Waals surface area contributed by atoms with Crippen LogP contribution in [0.1, 0.15) is 25.7 Å². The van der Waals surface area contributed by atoms with Crippen molar-refractivity contribution in [3.05, 3.63) is 12.4 Å². The van der Waals surface area contributed by atoms with E-state index in [1.54, 1.807) is 10.9 Å². The molecule has 6 nitrogen and oxygen atoms in total. The second kappa shape index (κ2) is 5.77. The first-order chi connectivity index (χ1) is 8.25. The van der Waals surface area contributed by atoms with Gasteiger partial charge >= 0.3 is 0 Å². The third-order valence-electron chi connectivity index (χ3n) is 3.01. The van der Waals surface area contributed by atoms with E-state index in [4.69, 9.17) is 5.73 Å². The molecule has 1 saturated carbocycles. The van der Waals surface area contributed by atoms with E-state index in [0.717, 1.165) is 13.0 Å². The lowest BCUT2D eigenvalue weighted by Crippen LogP contribution is -2.33. The summed E-state index contributed by atoms with van der Waals surface area (Å²) in [5.74, 6) is 0.638. The molecule has 2 rings (SSSR count). The standard InChI is InChI=1S/C11H19N5O/c12-10(9-2-3-9)8-11(17)13-4-1-6-16-7-5-14-15-16/h5,7,9-10H,1-4,6,8,12H2,(H,13,17). The van der Waals surface area contributed by atoms with Gasteiger partial charge in [0.1, 0.15) is 0 Å². The SMILES string of the molecule is NC(CC(=O)NCCCn1ccnn1)C1CC1. The van der Waals surface area contributed by atoms with Gasteiger partial charge in [0.25, 0.3) is 0 Å². The molecule has 1 aliphatic rings. The number of nitrogens with zero attached hydrogens (tertiary/aromatic N) is 3. The summed E-state index contributed by atoms with van der Waals surface area (Å²) in [4.78, 5) is 11.5. The van der Waals surface area contributed by atoms with Crippen LogP contribution >= 0.6 is 0 Å². The molecule has 0 bridgehead atoms. The number of aromatic nitrogens is 3. The van der Waals surface area contributed by atoms with E-state index < -0.39 is 0 Å². The average Bonchev–Trinajstić information content (AvgIpc) is 3.03. The molecule has 1 unspecified atom stereocenters. The fourth-order valence-corrected chi connectivity index (χ4v) is 1.80. The van der Waals surface area contributed by atoms with Crippen molar-refractivity contribution in [1.82, 2.24) is 20.3 Å². The minimum atomic E-state index is 0.0466. The predicted octanol–water partition coefficient (Wildman–Crippen LogP) is -0.0882. The first-order valence-electron chi connectivity index (χ1n) is 6.12. The van der Waals surface area contributed by atoms with Gasteiger partial charge in [-0.15, -0.1) is 5.10 Å². The Morgan fingerprint density at radius 1 is 1.59 bits per heavy atom. The third-order valence-corrected chi connectivity index (χ3v) is 3.01. The minimum Gasteiger partial charge on any atom is -0.356 e. The highest BCUT2D eigenvalue weighted by atomic mass is 16.1. The van der Waals surface area contributed by atoms with Gasteiger partial charge in [-0.25, -0.2) is 0 Å². The first kappa shape index (κ1) is 12.0. The van der Waals surface area contributed by atoms with Gasteiger partial charge in [0.05, 0.1) is 6.20 Å². The number of carbonyl (C=O) groups is 1. The lowest BCUT2D eigenvalue weighted by Gasteiger charge is -2.10. The lowest BCUT2D eigenvalue weighted by molar-refractivity contribution is -0.121. The van der Waals surface area contributed by atoms with E-state index in [0.29, 0.717) is 18.9 Å². The van der Waals surface area contributed by atoms with Crippen LogP contribution in [0.25, 0.3) is 0 Å². The van der Waals surface area contributed by atoms with Crippen molar-refractivity contribution in [2.24, 2.45) is 11.7 Å². The van der Waals surface area contributed by atoms with Gasteiger partial charge in [0, 0.05) is 31.7 Å². The number of hydrogen-bond acceptors (Lipinski definition) is 4. The smallest absolute Gasteiger partial charge is 0.221 e. The van der Waals surface area contributed by atoms with Gasteiger partial charge in [0.15, 0.2) is 0 Å². The maximum absolute atomic E-state index is 11.5. The molecule has 3 N–H and O–H groups in total. The zero-order valence-corrected chi connectivity index (χ0v) is 9.88. The Morgan fingerprint density at radius 3 is 3.06 bits per heavy atom. The summed E-state index contributed by atoms with van der Waals surface area (Å²) in [5.41, 5.74) is 5.88. The molecule has 94 valence electrons. The molecule has 0 aliphatic heterocycles. The second-order valence-electron chi connectivity index (χ2n) is 4.58. The molecule has 1 heterocycles. The van der Waals surface area contributed by atoms with Crippen LogP contribution in [-0.4, -0.2) is 33.5 Å².